The zero-order valence-electron chi connectivity index (χ0n) is 48.9. The number of allylic oxidation sites excluding steroid dienone is 2. The van der Waals surface area contributed by atoms with Crippen LogP contribution in [-0.4, -0.2) is 47.4 Å². The Balaban J connectivity index is 3.32. The van der Waals surface area contributed by atoms with Crippen molar-refractivity contribution in [2.75, 3.05) is 13.2 Å². The molecule has 0 spiro atoms. The number of nitrogens with one attached hydrogen (secondary N) is 1. The Morgan fingerprint density at radius 2 is 0.653 bits per heavy atom. The highest BCUT2D eigenvalue weighted by molar-refractivity contribution is 5.76. The third-order valence-electron chi connectivity index (χ3n) is 15.6. The first kappa shape index (κ1) is 70.6. The molecule has 428 valence electrons. The minimum atomic E-state index is -0.661. The van der Waals surface area contributed by atoms with Crippen LogP contribution < -0.4 is 5.32 Å². The fourth-order valence-corrected chi connectivity index (χ4v) is 10.5. The average molecular weight is 1020 g/mol. The van der Waals surface area contributed by atoms with Crippen molar-refractivity contribution in [3.05, 3.63) is 12.2 Å². The van der Waals surface area contributed by atoms with E-state index in [-0.39, 0.29) is 18.5 Å². The molecule has 2 atom stereocenters. The zero-order valence-corrected chi connectivity index (χ0v) is 48.9. The molecule has 2 unspecified atom stereocenters. The molecule has 6 nitrogen and oxygen atoms in total. The molecule has 72 heavy (non-hydrogen) atoms. The molecule has 0 aliphatic heterocycles. The van der Waals surface area contributed by atoms with Crippen molar-refractivity contribution < 1.29 is 24.5 Å². The van der Waals surface area contributed by atoms with E-state index < -0.39 is 12.1 Å². The van der Waals surface area contributed by atoms with Crippen molar-refractivity contribution in [3.63, 3.8) is 0 Å². The van der Waals surface area contributed by atoms with E-state index in [1.165, 1.54) is 302 Å². The summed E-state index contributed by atoms with van der Waals surface area (Å²) in [5.74, 6) is -0.0156. The van der Waals surface area contributed by atoms with E-state index in [9.17, 15) is 19.8 Å². The summed E-state index contributed by atoms with van der Waals surface area (Å²) in [6.45, 7) is 4.97. The predicted molar refractivity (Wildman–Crippen MR) is 315 cm³/mol. The maximum absolute atomic E-state index is 12.5. The molecule has 0 fully saturated rings. The van der Waals surface area contributed by atoms with Gasteiger partial charge in [-0.2, -0.15) is 0 Å². The van der Waals surface area contributed by atoms with E-state index in [2.05, 4.69) is 31.3 Å². The van der Waals surface area contributed by atoms with Crippen molar-refractivity contribution in [2.45, 2.75) is 386 Å². The van der Waals surface area contributed by atoms with Gasteiger partial charge in [0.2, 0.25) is 5.91 Å². The molecule has 0 aromatic heterocycles. The number of ether oxygens (including phenoxy) is 1. The number of esters is 1. The lowest BCUT2D eigenvalue weighted by Gasteiger charge is -2.22. The first-order valence-corrected chi connectivity index (χ1v) is 32.9. The molecular weight excluding hydrogens is 887 g/mol. The van der Waals surface area contributed by atoms with Gasteiger partial charge in [0.1, 0.15) is 0 Å². The van der Waals surface area contributed by atoms with E-state index in [0.717, 1.165) is 38.5 Å². The summed E-state index contributed by atoms with van der Waals surface area (Å²) in [5.41, 5.74) is 0. The van der Waals surface area contributed by atoms with Gasteiger partial charge in [0, 0.05) is 12.8 Å². The maximum atomic E-state index is 12.5. The number of hydrogen-bond acceptors (Lipinski definition) is 5. The Kier molecular flexibility index (Phi) is 60.9. The molecule has 0 saturated heterocycles. The van der Waals surface area contributed by atoms with Gasteiger partial charge in [0.15, 0.2) is 0 Å². The minimum Gasteiger partial charge on any atom is -0.466 e. The predicted octanol–water partition coefficient (Wildman–Crippen LogP) is 20.8. The average Bonchev–Trinajstić information content (AvgIpc) is 3.38. The molecule has 3 N–H and O–H groups in total. The van der Waals surface area contributed by atoms with E-state index in [4.69, 9.17) is 4.74 Å². The number of hydrogen-bond donors (Lipinski definition) is 3. The summed E-state index contributed by atoms with van der Waals surface area (Å²) in [5, 5.41) is 23.2. The summed E-state index contributed by atoms with van der Waals surface area (Å²) in [4.78, 5) is 24.6. The molecule has 0 radical (unpaired) electrons. The van der Waals surface area contributed by atoms with Gasteiger partial charge in [-0.25, -0.2) is 0 Å². The Hall–Kier alpha value is -1.40. The summed E-state index contributed by atoms with van der Waals surface area (Å²) in [7, 11) is 0. The second kappa shape index (κ2) is 62.1. The van der Waals surface area contributed by atoms with Gasteiger partial charge in [0.25, 0.3) is 0 Å². The second-order valence-electron chi connectivity index (χ2n) is 22.8. The van der Waals surface area contributed by atoms with Gasteiger partial charge in [0.05, 0.1) is 25.4 Å². The Morgan fingerprint density at radius 1 is 0.375 bits per heavy atom. The van der Waals surface area contributed by atoms with Gasteiger partial charge < -0.3 is 20.3 Å². The van der Waals surface area contributed by atoms with Crippen molar-refractivity contribution in [1.29, 1.82) is 0 Å². The van der Waals surface area contributed by atoms with Crippen LogP contribution in [0.1, 0.15) is 373 Å². The zero-order chi connectivity index (χ0) is 52.2. The third kappa shape index (κ3) is 57.9. The van der Waals surface area contributed by atoms with Crippen LogP contribution in [0, 0.1) is 0 Å². The van der Waals surface area contributed by atoms with Crippen molar-refractivity contribution in [1.82, 2.24) is 5.32 Å². The highest BCUT2D eigenvalue weighted by Gasteiger charge is 2.20. The first-order chi connectivity index (χ1) is 35.5. The molecule has 6 heteroatoms. The standard InChI is InChI=1S/C66H129NO5/c1-3-5-7-9-11-13-15-16-17-18-26-30-33-36-40-44-48-52-56-60-66(71)72-61-57-53-49-45-41-37-34-31-28-25-23-21-19-20-22-24-27-29-32-35-39-43-47-51-55-59-65(70)67-63(62-68)64(69)58-54-50-46-42-38-14-12-10-8-6-4-2/h16-17,63-64,68-69H,3-15,18-62H2,1-2H3,(H,67,70)/b17-16-. The minimum absolute atomic E-state index is 0.0167. The van der Waals surface area contributed by atoms with Gasteiger partial charge in [-0.1, -0.05) is 321 Å². The van der Waals surface area contributed by atoms with Gasteiger partial charge in [-0.05, 0) is 51.4 Å². The number of aliphatic hydroxyl groups is 2. The molecule has 0 heterocycles. The number of aliphatic hydroxyl groups excluding tert-OH is 2. The van der Waals surface area contributed by atoms with Gasteiger partial charge in [-0.3, -0.25) is 9.59 Å². The Labute approximate surface area is 450 Å². The summed E-state index contributed by atoms with van der Waals surface area (Å²) in [6, 6.07) is -0.538. The third-order valence-corrected chi connectivity index (χ3v) is 15.6. The smallest absolute Gasteiger partial charge is 0.305 e. The molecular formula is C66H129NO5. The SMILES string of the molecule is CCCCCCCC/C=C\CCCCCCCCCCCC(=O)OCCCCCCCCCCCCCCCCCCCCCCCCCCCC(=O)NC(CO)C(O)CCCCCCCCCCCCC. The fraction of sp³-hybridized carbons (Fsp3) is 0.939. The van der Waals surface area contributed by atoms with Crippen molar-refractivity contribution in [3.8, 4) is 0 Å². The van der Waals surface area contributed by atoms with Crippen LogP contribution in [-0.2, 0) is 14.3 Å². The van der Waals surface area contributed by atoms with Crippen LogP contribution >= 0.6 is 0 Å². The van der Waals surface area contributed by atoms with Crippen LogP contribution in [0.25, 0.3) is 0 Å². The molecule has 0 aliphatic carbocycles. The topological polar surface area (TPSA) is 95.9 Å². The monoisotopic (exact) mass is 1020 g/mol. The van der Waals surface area contributed by atoms with Gasteiger partial charge in [-0.15, -0.1) is 0 Å². The number of rotatable bonds is 62. The molecule has 0 aromatic carbocycles. The van der Waals surface area contributed by atoms with Crippen LogP contribution in [0.2, 0.25) is 0 Å². The molecule has 0 aromatic rings. The number of carbonyl (C=O) groups excluding carboxylic acids is 2. The first-order valence-electron chi connectivity index (χ1n) is 32.9. The highest BCUT2D eigenvalue weighted by atomic mass is 16.5. The van der Waals surface area contributed by atoms with E-state index in [0.29, 0.717) is 25.9 Å². The molecule has 0 bridgehead atoms. The summed E-state index contributed by atoms with van der Waals surface area (Å²) >= 11 is 0. The molecule has 0 aliphatic rings. The van der Waals surface area contributed by atoms with Gasteiger partial charge >= 0.3 is 5.97 Å². The maximum Gasteiger partial charge on any atom is 0.305 e. The van der Waals surface area contributed by atoms with Crippen molar-refractivity contribution in [2.24, 2.45) is 0 Å². The van der Waals surface area contributed by atoms with Crippen LogP contribution in [0.15, 0.2) is 12.2 Å². The largest absolute Gasteiger partial charge is 0.466 e. The number of amides is 1. The van der Waals surface area contributed by atoms with E-state index in [1.54, 1.807) is 0 Å². The Morgan fingerprint density at radius 3 is 0.986 bits per heavy atom. The van der Waals surface area contributed by atoms with Crippen LogP contribution in [0.5, 0.6) is 0 Å². The summed E-state index contributed by atoms with van der Waals surface area (Å²) < 4.78 is 5.51. The normalized spacial score (nSPS) is 12.6. The van der Waals surface area contributed by atoms with E-state index >= 15 is 0 Å². The lowest BCUT2D eigenvalue weighted by atomic mass is 10.0. The summed E-state index contributed by atoms with van der Waals surface area (Å²) in [6.07, 6.45) is 75.3. The van der Waals surface area contributed by atoms with Crippen LogP contribution in [0.4, 0.5) is 0 Å². The fourth-order valence-electron chi connectivity index (χ4n) is 10.5. The number of carbonyl (C=O) groups is 2. The second-order valence-corrected chi connectivity index (χ2v) is 22.8. The van der Waals surface area contributed by atoms with E-state index in [1.807, 2.05) is 0 Å². The number of unbranched alkanes of at least 4 members (excludes halogenated alkanes) is 49. The lowest BCUT2D eigenvalue weighted by Crippen LogP contribution is -2.45. The van der Waals surface area contributed by atoms with Crippen molar-refractivity contribution >= 4 is 11.9 Å². The molecule has 0 saturated carbocycles. The Bertz CT molecular complexity index is 1080. The molecule has 1 amide bonds. The quantitative estimate of drug-likeness (QED) is 0.0320. The highest BCUT2D eigenvalue weighted by Crippen LogP contribution is 2.19. The molecule has 0 rings (SSSR count). The van der Waals surface area contributed by atoms with Crippen LogP contribution in [0.3, 0.4) is 0 Å². The lowest BCUT2D eigenvalue weighted by molar-refractivity contribution is -0.143.